The lowest BCUT2D eigenvalue weighted by molar-refractivity contribution is -0.142. The Bertz CT molecular complexity index is 1160. The molecule has 206 valence electrons. The SMILES string of the molecule is COC(=O)[C@H](C)NP(=O)(OCCSC(=O)C(C)(C)C)OCC1CC(n2cnc3c(OC)nc(N)nc32)C1. The Morgan fingerprint density at radius 1 is 1.27 bits per heavy atom. The lowest BCUT2D eigenvalue weighted by Crippen LogP contribution is -2.35. The molecule has 0 saturated heterocycles. The fourth-order valence-electron chi connectivity index (χ4n) is 3.67. The number of carbonyl (C=O) groups is 2. The summed E-state index contributed by atoms with van der Waals surface area (Å²) in [6.07, 6.45) is 3.12. The van der Waals surface area contributed by atoms with E-state index in [9.17, 15) is 14.2 Å². The third kappa shape index (κ3) is 7.41. The lowest BCUT2D eigenvalue weighted by atomic mass is 9.81. The molecular weight excluding hydrogens is 523 g/mol. The molecule has 2 aromatic rings. The Morgan fingerprint density at radius 3 is 2.59 bits per heavy atom. The van der Waals surface area contributed by atoms with Gasteiger partial charge in [-0.3, -0.25) is 18.6 Å². The number of aromatic nitrogens is 4. The van der Waals surface area contributed by atoms with E-state index in [2.05, 4.69) is 20.0 Å². The second-order valence-corrected chi connectivity index (χ2v) is 12.6. The summed E-state index contributed by atoms with van der Waals surface area (Å²) >= 11 is 1.10. The van der Waals surface area contributed by atoms with E-state index in [1.807, 2.05) is 25.3 Å². The van der Waals surface area contributed by atoms with Gasteiger partial charge in [0.25, 0.3) is 0 Å². The van der Waals surface area contributed by atoms with E-state index in [0.717, 1.165) is 24.6 Å². The van der Waals surface area contributed by atoms with Crippen LogP contribution in [-0.2, 0) is 27.9 Å². The molecule has 0 bridgehead atoms. The number of ether oxygens (including phenoxy) is 2. The quantitative estimate of drug-likeness (QED) is 0.222. The van der Waals surface area contributed by atoms with Gasteiger partial charge in [0, 0.05) is 17.2 Å². The summed E-state index contributed by atoms with van der Waals surface area (Å²) in [5, 5.41) is 2.63. The van der Waals surface area contributed by atoms with E-state index in [4.69, 9.17) is 24.3 Å². The zero-order valence-electron chi connectivity index (χ0n) is 21.9. The van der Waals surface area contributed by atoms with Crippen molar-refractivity contribution in [2.24, 2.45) is 11.3 Å². The van der Waals surface area contributed by atoms with E-state index in [1.165, 1.54) is 21.1 Å². The van der Waals surface area contributed by atoms with E-state index < -0.39 is 25.2 Å². The van der Waals surface area contributed by atoms with E-state index >= 15 is 0 Å². The molecule has 1 aliphatic rings. The predicted octanol–water partition coefficient (Wildman–Crippen LogP) is 2.97. The molecule has 1 unspecified atom stereocenters. The Hall–Kier alpha value is -2.25. The average molecular weight is 559 g/mol. The van der Waals surface area contributed by atoms with Crippen molar-refractivity contribution in [2.45, 2.75) is 52.6 Å². The van der Waals surface area contributed by atoms with Crippen molar-refractivity contribution < 1.29 is 32.7 Å². The number of rotatable bonds is 12. The van der Waals surface area contributed by atoms with Crippen molar-refractivity contribution in [3.05, 3.63) is 6.33 Å². The number of anilines is 1. The number of nitrogens with zero attached hydrogens (tertiary/aromatic N) is 4. The smallest absolute Gasteiger partial charge is 0.406 e. The van der Waals surface area contributed by atoms with Crippen LogP contribution in [0.3, 0.4) is 0 Å². The molecule has 0 radical (unpaired) electrons. The monoisotopic (exact) mass is 558 g/mol. The number of nitrogens with one attached hydrogen (secondary N) is 1. The summed E-state index contributed by atoms with van der Waals surface area (Å²) in [7, 11) is -1.13. The maximum Gasteiger partial charge on any atom is 0.406 e. The maximum absolute atomic E-state index is 13.4. The number of hydrogen-bond donors (Lipinski definition) is 2. The fraction of sp³-hybridized carbons (Fsp3) is 0.682. The number of hydrogen-bond acceptors (Lipinski definition) is 12. The molecule has 2 aromatic heterocycles. The summed E-state index contributed by atoms with van der Waals surface area (Å²) in [5.41, 5.74) is 6.42. The molecule has 2 heterocycles. The van der Waals surface area contributed by atoms with Gasteiger partial charge in [-0.2, -0.15) is 9.97 Å². The van der Waals surface area contributed by atoms with Crippen LogP contribution < -0.4 is 15.6 Å². The third-order valence-electron chi connectivity index (χ3n) is 5.78. The third-order valence-corrected chi connectivity index (χ3v) is 8.74. The van der Waals surface area contributed by atoms with Crippen LogP contribution in [0.15, 0.2) is 6.33 Å². The van der Waals surface area contributed by atoms with E-state index in [1.54, 1.807) is 6.33 Å². The van der Waals surface area contributed by atoms with Crippen LogP contribution >= 0.6 is 19.5 Å². The second-order valence-electron chi connectivity index (χ2n) is 9.79. The van der Waals surface area contributed by atoms with Gasteiger partial charge in [-0.15, -0.1) is 0 Å². The Balaban J connectivity index is 1.58. The Labute approximate surface area is 220 Å². The molecule has 0 aliphatic heterocycles. The van der Waals surface area contributed by atoms with Crippen LogP contribution in [0, 0.1) is 11.3 Å². The first-order valence-corrected chi connectivity index (χ1v) is 14.4. The normalized spacial score (nSPS) is 20.2. The summed E-state index contributed by atoms with van der Waals surface area (Å²) in [4.78, 5) is 36.7. The van der Waals surface area contributed by atoms with Gasteiger partial charge in [0.15, 0.2) is 16.3 Å². The Kier molecular flexibility index (Phi) is 9.57. The van der Waals surface area contributed by atoms with Gasteiger partial charge in [0.2, 0.25) is 11.8 Å². The number of carbonyl (C=O) groups excluding carboxylic acids is 2. The van der Waals surface area contributed by atoms with Gasteiger partial charge in [-0.1, -0.05) is 32.5 Å². The van der Waals surface area contributed by atoms with Crippen molar-refractivity contribution in [2.75, 3.05) is 38.9 Å². The Morgan fingerprint density at radius 2 is 1.97 bits per heavy atom. The highest BCUT2D eigenvalue weighted by Crippen LogP contribution is 2.48. The van der Waals surface area contributed by atoms with Crippen molar-refractivity contribution in [1.29, 1.82) is 0 Å². The van der Waals surface area contributed by atoms with Gasteiger partial charge in [0.1, 0.15) is 6.04 Å². The molecular formula is C22H35N6O7PS. The van der Waals surface area contributed by atoms with Crippen molar-refractivity contribution in [3.8, 4) is 5.88 Å². The zero-order chi connectivity index (χ0) is 27.4. The molecule has 3 rings (SSSR count). The molecule has 13 nitrogen and oxygen atoms in total. The topological polar surface area (TPSA) is 170 Å². The molecule has 0 aromatic carbocycles. The first-order valence-electron chi connectivity index (χ1n) is 11.8. The van der Waals surface area contributed by atoms with Crippen molar-refractivity contribution in [1.82, 2.24) is 24.6 Å². The first-order chi connectivity index (χ1) is 17.4. The minimum Gasteiger partial charge on any atom is -0.479 e. The number of fused-ring (bicyclic) bond motifs is 1. The van der Waals surface area contributed by atoms with E-state index in [0.29, 0.717) is 22.8 Å². The number of thioether (sulfide) groups is 1. The molecule has 0 spiro atoms. The molecule has 0 amide bonds. The largest absolute Gasteiger partial charge is 0.479 e. The highest BCUT2D eigenvalue weighted by molar-refractivity contribution is 8.13. The molecule has 15 heteroatoms. The van der Waals surface area contributed by atoms with Gasteiger partial charge in [0.05, 0.1) is 33.8 Å². The minimum atomic E-state index is -3.86. The highest BCUT2D eigenvalue weighted by Gasteiger charge is 2.36. The standard InChI is InChI=1S/C22H35N6O7PS/c1-13(19(29)33-6)27-36(31,34-7-8-37-20(30)22(2,3)4)35-11-14-9-15(10-14)28-12-24-16-17(28)25-21(23)26-18(16)32-5/h12-15H,7-11H2,1-6H3,(H,27,31)(H2,23,25,26)/t13-,14?,15?,36?/m0/s1. The van der Waals surface area contributed by atoms with Crippen LogP contribution in [0.1, 0.15) is 46.6 Å². The summed E-state index contributed by atoms with van der Waals surface area (Å²) in [6, 6.07) is -0.814. The van der Waals surface area contributed by atoms with E-state index in [-0.39, 0.29) is 36.2 Å². The van der Waals surface area contributed by atoms with Crippen LogP contribution in [0.5, 0.6) is 5.88 Å². The summed E-state index contributed by atoms with van der Waals surface area (Å²) in [5.74, 6) is 0.193. The number of esters is 1. The van der Waals surface area contributed by atoms with Gasteiger partial charge in [-0.05, 0) is 25.7 Å². The zero-order valence-corrected chi connectivity index (χ0v) is 23.6. The van der Waals surface area contributed by atoms with Crippen molar-refractivity contribution >= 4 is 47.7 Å². The number of imidazole rings is 1. The number of nitrogens with two attached hydrogens (primary N) is 1. The summed E-state index contributed by atoms with van der Waals surface area (Å²) < 4.78 is 36.5. The average Bonchev–Trinajstić information content (AvgIpc) is 3.22. The van der Waals surface area contributed by atoms with Gasteiger partial charge >= 0.3 is 13.7 Å². The molecule has 1 fully saturated rings. The minimum absolute atomic E-state index is 0.0000727. The molecule has 3 N–H and O–H groups in total. The molecule has 2 atom stereocenters. The fourth-order valence-corrected chi connectivity index (χ4v) is 6.12. The first kappa shape index (κ1) is 29.3. The van der Waals surface area contributed by atoms with Crippen LogP contribution in [0.4, 0.5) is 5.95 Å². The molecule has 1 saturated carbocycles. The molecule has 1 aliphatic carbocycles. The highest BCUT2D eigenvalue weighted by atomic mass is 32.2. The lowest BCUT2D eigenvalue weighted by Gasteiger charge is -2.36. The number of nitrogen functional groups attached to an aromatic ring is 1. The maximum atomic E-state index is 13.4. The predicted molar refractivity (Wildman–Crippen MR) is 139 cm³/mol. The summed E-state index contributed by atoms with van der Waals surface area (Å²) in [6.45, 7) is 7.14. The van der Waals surface area contributed by atoms with Crippen LogP contribution in [0.25, 0.3) is 11.2 Å². The van der Waals surface area contributed by atoms with Gasteiger partial charge < -0.3 is 19.8 Å². The second kappa shape index (κ2) is 12.1. The van der Waals surface area contributed by atoms with Crippen molar-refractivity contribution in [3.63, 3.8) is 0 Å². The van der Waals surface area contributed by atoms with Crippen LogP contribution in [0.2, 0.25) is 0 Å². The van der Waals surface area contributed by atoms with Crippen LogP contribution in [-0.4, -0.2) is 69.8 Å². The van der Waals surface area contributed by atoms with Gasteiger partial charge in [-0.25, -0.2) is 14.6 Å². The number of methoxy groups -OCH3 is 2. The molecule has 37 heavy (non-hydrogen) atoms.